The summed E-state index contributed by atoms with van der Waals surface area (Å²) in [7, 11) is -4.14. The van der Waals surface area contributed by atoms with Crippen LogP contribution < -0.4 is 10.2 Å². The van der Waals surface area contributed by atoms with Gasteiger partial charge in [-0.2, -0.15) is 13.2 Å². The van der Waals surface area contributed by atoms with Crippen LogP contribution in [0.4, 0.5) is 13.2 Å². The maximum Gasteiger partial charge on any atom is 0.418 e. The van der Waals surface area contributed by atoms with Crippen LogP contribution in [0.2, 0.25) is 0 Å². The summed E-state index contributed by atoms with van der Waals surface area (Å²) in [5.74, 6) is -0.399. The molecule has 1 aromatic heterocycles. The number of nitrogens with one attached hydrogen (secondary N) is 2. The molecule has 118 valence electrons. The molecule has 0 unspecified atom stereocenters. The Hall–Kier alpha value is -1.99. The zero-order valence-corrected chi connectivity index (χ0v) is 11.8. The van der Waals surface area contributed by atoms with E-state index in [1.54, 1.807) is 0 Å². The molecule has 0 aliphatic carbocycles. The molecule has 0 atom stereocenters. The van der Waals surface area contributed by atoms with Crippen LogP contribution in [0.15, 0.2) is 17.0 Å². The summed E-state index contributed by atoms with van der Waals surface area (Å²) in [4.78, 5) is -0.980. The van der Waals surface area contributed by atoms with Gasteiger partial charge in [0.25, 0.3) is 0 Å². The van der Waals surface area contributed by atoms with E-state index in [2.05, 4.69) is 20.6 Å². The average molecular weight is 335 g/mol. The smallest absolute Gasteiger partial charge is 0.418 e. The number of H-pyrrole nitrogens is 1. The number of alkyl halides is 3. The molecule has 0 amide bonds. The quantitative estimate of drug-likeness (QED) is 0.601. The minimum absolute atomic E-state index is 0.166. The molecular weight excluding hydrogens is 326 g/mol. The van der Waals surface area contributed by atoms with E-state index in [4.69, 9.17) is 0 Å². The van der Waals surface area contributed by atoms with Crippen molar-refractivity contribution >= 4 is 23.0 Å². The summed E-state index contributed by atoms with van der Waals surface area (Å²) in [5.41, 5.74) is -2.23. The maximum atomic E-state index is 13.4. The second-order valence-corrected chi connectivity index (χ2v) is 5.94. The van der Waals surface area contributed by atoms with Gasteiger partial charge in [-0.3, -0.25) is 0 Å². The highest BCUT2D eigenvalue weighted by atomic mass is 32.2. The molecule has 0 aliphatic rings. The summed E-state index contributed by atoms with van der Waals surface area (Å²) >= 11 is 0. The first-order chi connectivity index (χ1) is 10.2. The van der Waals surface area contributed by atoms with Gasteiger partial charge in [0, 0.05) is 5.56 Å². The van der Waals surface area contributed by atoms with Gasteiger partial charge >= 0.3 is 13.7 Å². The lowest BCUT2D eigenvalue weighted by atomic mass is 9.82. The fourth-order valence-electron chi connectivity index (χ4n) is 1.91. The maximum absolute atomic E-state index is 13.4. The molecule has 8 nitrogen and oxygen atoms in total. The van der Waals surface area contributed by atoms with E-state index < -0.39 is 45.5 Å². The molecular formula is C9H9BF3N5O3S. The molecule has 3 N–H and O–H groups in total. The number of tetrazole rings is 1. The highest BCUT2D eigenvalue weighted by molar-refractivity contribution is 7.89. The molecule has 0 saturated heterocycles. The Balaban J connectivity index is 2.94. The first-order valence-corrected chi connectivity index (χ1v) is 7.22. The first-order valence-electron chi connectivity index (χ1n) is 5.74. The molecule has 0 aliphatic heterocycles. The number of aromatic nitrogens is 4. The van der Waals surface area contributed by atoms with Crippen LogP contribution in [0, 0.1) is 0 Å². The van der Waals surface area contributed by atoms with Crippen molar-refractivity contribution in [2.75, 3.05) is 7.05 Å². The van der Waals surface area contributed by atoms with E-state index in [0.717, 1.165) is 19.2 Å². The molecule has 1 heterocycles. The van der Waals surface area contributed by atoms with E-state index in [1.165, 1.54) is 0 Å². The molecule has 0 radical (unpaired) electrons. The van der Waals surface area contributed by atoms with Gasteiger partial charge in [0.2, 0.25) is 10.0 Å². The Labute approximate surface area is 123 Å². The zero-order chi connectivity index (χ0) is 16.5. The fraction of sp³-hybridized carbons (Fsp3) is 0.222. The molecule has 2 aromatic rings. The van der Waals surface area contributed by atoms with Gasteiger partial charge < -0.3 is 5.02 Å². The summed E-state index contributed by atoms with van der Waals surface area (Å²) in [6.45, 7) is 0. The number of benzene rings is 1. The van der Waals surface area contributed by atoms with Gasteiger partial charge in [0.05, 0.1) is 10.5 Å². The molecule has 22 heavy (non-hydrogen) atoms. The fourth-order valence-corrected chi connectivity index (χ4v) is 2.86. The molecule has 0 fully saturated rings. The van der Waals surface area contributed by atoms with E-state index in [1.807, 2.05) is 4.72 Å². The van der Waals surface area contributed by atoms with Crippen LogP contribution in [0.3, 0.4) is 0 Å². The number of nitrogens with zero attached hydrogens (tertiary/aromatic N) is 3. The van der Waals surface area contributed by atoms with Crippen molar-refractivity contribution in [3.63, 3.8) is 0 Å². The van der Waals surface area contributed by atoms with E-state index in [0.29, 0.717) is 0 Å². The number of halogens is 3. The van der Waals surface area contributed by atoms with E-state index >= 15 is 0 Å². The van der Waals surface area contributed by atoms with E-state index in [9.17, 15) is 26.6 Å². The Kier molecular flexibility index (Phi) is 4.22. The monoisotopic (exact) mass is 335 g/mol. The van der Waals surface area contributed by atoms with Crippen molar-refractivity contribution in [3.05, 3.63) is 17.7 Å². The molecule has 2 rings (SSSR count). The van der Waals surface area contributed by atoms with Crippen molar-refractivity contribution < 1.29 is 26.6 Å². The van der Waals surface area contributed by atoms with Crippen LogP contribution in [-0.2, 0) is 16.2 Å². The van der Waals surface area contributed by atoms with Gasteiger partial charge in [0.15, 0.2) is 5.82 Å². The molecule has 0 saturated carbocycles. The van der Waals surface area contributed by atoms with Crippen molar-refractivity contribution in [1.82, 2.24) is 25.3 Å². The lowest BCUT2D eigenvalue weighted by molar-refractivity contribution is -0.139. The number of rotatable bonds is 4. The topological polar surface area (TPSA) is 121 Å². The lowest BCUT2D eigenvalue weighted by Crippen LogP contribution is -2.28. The standard InChI is InChI=1S/C9H9BF3N5O3S/c1-14-22(20,21)5-3-2-4(10-19)6(7(5)9(11,12)13)8-15-17-18-16-8/h2-3,10,14,19H,1H3,(H,15,16,17,18). The molecule has 13 heteroatoms. The van der Waals surface area contributed by atoms with Crippen LogP contribution in [0.25, 0.3) is 11.4 Å². The number of hydrogen-bond donors (Lipinski definition) is 3. The summed E-state index contributed by atoms with van der Waals surface area (Å²) in [5, 5.41) is 21.1. The van der Waals surface area contributed by atoms with Crippen molar-refractivity contribution in [3.8, 4) is 11.4 Å². The third-order valence-corrected chi connectivity index (χ3v) is 4.30. The van der Waals surface area contributed by atoms with Crippen LogP contribution in [0.5, 0.6) is 0 Å². The summed E-state index contributed by atoms with van der Waals surface area (Å²) in [6.07, 6.45) is -5.01. The van der Waals surface area contributed by atoms with Gasteiger partial charge in [-0.25, -0.2) is 18.2 Å². The van der Waals surface area contributed by atoms with Crippen molar-refractivity contribution in [2.24, 2.45) is 0 Å². The summed E-state index contributed by atoms with van der Waals surface area (Å²) in [6, 6.07) is 1.84. The Morgan fingerprint density at radius 3 is 2.50 bits per heavy atom. The van der Waals surface area contributed by atoms with Crippen molar-refractivity contribution in [1.29, 1.82) is 0 Å². The first kappa shape index (κ1) is 16.4. The van der Waals surface area contributed by atoms with Gasteiger partial charge in [0.1, 0.15) is 0 Å². The SMILES string of the molecule is CNS(=O)(=O)c1ccc(BO)c(-c2nnn[nH]2)c1C(F)(F)F. The molecule has 1 aromatic carbocycles. The summed E-state index contributed by atoms with van der Waals surface area (Å²) < 4.78 is 65.8. The Morgan fingerprint density at radius 2 is 2.05 bits per heavy atom. The predicted octanol–water partition coefficient (Wildman–Crippen LogP) is -1.24. The van der Waals surface area contributed by atoms with Crippen LogP contribution >= 0.6 is 0 Å². The minimum atomic E-state index is -5.01. The van der Waals surface area contributed by atoms with Gasteiger partial charge in [-0.1, -0.05) is 6.07 Å². The van der Waals surface area contributed by atoms with E-state index in [-0.39, 0.29) is 5.46 Å². The molecule has 0 bridgehead atoms. The number of hydrogen-bond acceptors (Lipinski definition) is 6. The average Bonchev–Trinajstić information content (AvgIpc) is 2.98. The van der Waals surface area contributed by atoms with Gasteiger partial charge in [-0.15, -0.1) is 5.10 Å². The third kappa shape index (κ3) is 2.82. The third-order valence-electron chi connectivity index (χ3n) is 2.85. The highest BCUT2D eigenvalue weighted by Gasteiger charge is 2.41. The van der Waals surface area contributed by atoms with Gasteiger partial charge in [-0.05, 0) is 29.0 Å². The molecule has 0 spiro atoms. The number of sulfonamides is 1. The van der Waals surface area contributed by atoms with Crippen molar-refractivity contribution in [2.45, 2.75) is 11.1 Å². The number of aromatic amines is 1. The zero-order valence-electron chi connectivity index (χ0n) is 11.0. The lowest BCUT2D eigenvalue weighted by Gasteiger charge is -2.18. The Morgan fingerprint density at radius 1 is 1.36 bits per heavy atom. The highest BCUT2D eigenvalue weighted by Crippen LogP contribution is 2.39. The predicted molar refractivity (Wildman–Crippen MR) is 69.9 cm³/mol. The largest absolute Gasteiger partial charge is 0.449 e. The van der Waals surface area contributed by atoms with Crippen LogP contribution in [-0.4, -0.2) is 48.6 Å². The van der Waals surface area contributed by atoms with Crippen LogP contribution in [0.1, 0.15) is 5.56 Å². The Bertz CT molecular complexity index is 779. The minimum Gasteiger partial charge on any atom is -0.449 e. The second-order valence-electron chi connectivity index (χ2n) is 4.09. The second kappa shape index (κ2) is 5.66. The normalized spacial score (nSPS) is 12.4.